The Morgan fingerprint density at radius 2 is 2.06 bits per heavy atom. The summed E-state index contributed by atoms with van der Waals surface area (Å²) < 4.78 is 17.7. The van der Waals surface area contributed by atoms with Crippen molar-refractivity contribution < 1.29 is 13.9 Å². The van der Waals surface area contributed by atoms with Crippen molar-refractivity contribution in [2.45, 2.75) is 0 Å². The lowest BCUT2D eigenvalue weighted by Crippen LogP contribution is -1.92. The van der Waals surface area contributed by atoms with Crippen LogP contribution in [0, 0.1) is 3.77 Å². The van der Waals surface area contributed by atoms with E-state index in [0.29, 0.717) is 5.76 Å². The highest BCUT2D eigenvalue weighted by Crippen LogP contribution is 2.35. The first-order chi connectivity index (χ1) is 8.72. The fraction of sp³-hybridized carbons (Fsp3) is 0.0833. The number of furan rings is 1. The van der Waals surface area contributed by atoms with Gasteiger partial charge in [0.2, 0.25) is 6.79 Å². The summed E-state index contributed by atoms with van der Waals surface area (Å²) in [4.78, 5) is 4.33. The molecule has 4 nitrogen and oxygen atoms in total. The summed E-state index contributed by atoms with van der Waals surface area (Å²) in [6.45, 7) is 0.270. The molecule has 0 amide bonds. The zero-order valence-corrected chi connectivity index (χ0v) is 12.8. The number of fused-ring (bicyclic) bond motifs is 1. The molecule has 0 fully saturated rings. The molecule has 1 aromatic heterocycles. The maximum atomic E-state index is 5.46. The summed E-state index contributed by atoms with van der Waals surface area (Å²) >= 11 is 5.50. The molecule has 0 saturated heterocycles. The van der Waals surface area contributed by atoms with Crippen LogP contribution in [0.3, 0.4) is 0 Å². The Bertz CT molecular complexity index is 604. The van der Waals surface area contributed by atoms with Gasteiger partial charge in [0.1, 0.15) is 5.76 Å². The fourth-order valence-corrected chi connectivity index (χ4v) is 2.25. The van der Waals surface area contributed by atoms with Gasteiger partial charge in [-0.2, -0.15) is 0 Å². The summed E-state index contributed by atoms with van der Waals surface area (Å²) in [6, 6.07) is 7.42. The maximum absolute atomic E-state index is 5.46. The van der Waals surface area contributed by atoms with E-state index in [1.165, 1.54) is 0 Å². The summed E-state index contributed by atoms with van der Waals surface area (Å²) in [6.07, 6.45) is 1.67. The number of hydrogen-bond acceptors (Lipinski definition) is 4. The van der Waals surface area contributed by atoms with Crippen LogP contribution in [-0.4, -0.2) is 13.0 Å². The molecule has 18 heavy (non-hydrogen) atoms. The van der Waals surface area contributed by atoms with Crippen LogP contribution in [0.5, 0.6) is 11.5 Å². The van der Waals surface area contributed by atoms with E-state index in [1.54, 1.807) is 6.21 Å². The molecule has 1 aliphatic heterocycles. The molecule has 1 aromatic carbocycles. The Labute approximate surface area is 125 Å². The second-order valence-electron chi connectivity index (χ2n) is 3.57. The lowest BCUT2D eigenvalue weighted by Gasteiger charge is -1.96. The number of halogens is 2. The van der Waals surface area contributed by atoms with Crippen LogP contribution in [0.15, 0.2) is 38.1 Å². The molecule has 0 radical (unpaired) electrons. The predicted octanol–water partition coefficient (Wildman–Crippen LogP) is 4.13. The Morgan fingerprint density at radius 3 is 2.83 bits per heavy atom. The van der Waals surface area contributed by atoms with Crippen molar-refractivity contribution in [2.24, 2.45) is 4.99 Å². The van der Waals surface area contributed by atoms with E-state index in [9.17, 15) is 0 Å². The van der Waals surface area contributed by atoms with Gasteiger partial charge in [-0.15, -0.1) is 0 Å². The van der Waals surface area contributed by atoms with E-state index in [0.717, 1.165) is 25.4 Å². The fourth-order valence-electron chi connectivity index (χ4n) is 1.53. The molecule has 92 valence electrons. The minimum Gasteiger partial charge on any atom is -0.454 e. The molecule has 2 heterocycles. The Morgan fingerprint density at radius 1 is 1.22 bits per heavy atom. The zero-order valence-electron chi connectivity index (χ0n) is 9.02. The molecule has 0 atom stereocenters. The third-order valence-electron chi connectivity index (χ3n) is 2.36. The molecular formula is C12H7BrINO3. The van der Waals surface area contributed by atoms with Gasteiger partial charge < -0.3 is 13.9 Å². The molecular weight excluding hydrogens is 413 g/mol. The first kappa shape index (κ1) is 12.0. The van der Waals surface area contributed by atoms with E-state index >= 15 is 0 Å². The summed E-state index contributed by atoms with van der Waals surface area (Å²) in [5, 5.41) is 0. The van der Waals surface area contributed by atoms with E-state index in [2.05, 4.69) is 43.5 Å². The molecule has 0 saturated carbocycles. The number of aliphatic imine (C=N–C) groups is 1. The van der Waals surface area contributed by atoms with Crippen LogP contribution >= 0.6 is 38.5 Å². The number of rotatable bonds is 2. The van der Waals surface area contributed by atoms with Crippen LogP contribution < -0.4 is 9.47 Å². The van der Waals surface area contributed by atoms with Gasteiger partial charge in [-0.25, -0.2) is 0 Å². The largest absolute Gasteiger partial charge is 0.454 e. The molecule has 2 aromatic rings. The quantitative estimate of drug-likeness (QED) is 0.543. The molecule has 0 unspecified atom stereocenters. The van der Waals surface area contributed by atoms with Crippen molar-refractivity contribution in [3.8, 4) is 11.5 Å². The normalized spacial score (nSPS) is 13.4. The Hall–Kier alpha value is -1.02. The molecule has 0 N–H and O–H groups in total. The van der Waals surface area contributed by atoms with Crippen molar-refractivity contribution >= 4 is 50.4 Å². The van der Waals surface area contributed by atoms with Gasteiger partial charge in [-0.3, -0.25) is 4.99 Å². The van der Waals surface area contributed by atoms with Gasteiger partial charge in [0, 0.05) is 34.7 Å². The second kappa shape index (κ2) is 4.93. The topological polar surface area (TPSA) is 44.0 Å². The van der Waals surface area contributed by atoms with Crippen LogP contribution in [0.4, 0.5) is 5.69 Å². The smallest absolute Gasteiger partial charge is 0.231 e. The van der Waals surface area contributed by atoms with E-state index in [1.807, 2.05) is 24.3 Å². The standard InChI is InChI=1S/C12H7BrINO3/c13-9-4-8(18-12(9)14)5-15-7-1-2-10-11(3-7)17-6-16-10/h1-5H,6H2. The Kier molecular flexibility index (Phi) is 3.29. The first-order valence-corrected chi connectivity index (χ1v) is 6.98. The average molecular weight is 420 g/mol. The third-order valence-corrected chi connectivity index (χ3v) is 4.49. The van der Waals surface area contributed by atoms with Crippen molar-refractivity contribution in [3.05, 3.63) is 38.3 Å². The minimum absolute atomic E-state index is 0.270. The maximum Gasteiger partial charge on any atom is 0.231 e. The van der Waals surface area contributed by atoms with Crippen LogP contribution in [0.2, 0.25) is 0 Å². The third kappa shape index (κ3) is 2.39. The first-order valence-electron chi connectivity index (χ1n) is 5.11. The highest BCUT2D eigenvalue weighted by atomic mass is 127. The van der Waals surface area contributed by atoms with Crippen LogP contribution in [0.25, 0.3) is 0 Å². The highest BCUT2D eigenvalue weighted by molar-refractivity contribution is 14.1. The highest BCUT2D eigenvalue weighted by Gasteiger charge is 2.12. The van der Waals surface area contributed by atoms with Gasteiger partial charge in [0.15, 0.2) is 15.3 Å². The van der Waals surface area contributed by atoms with Crippen molar-refractivity contribution in [3.63, 3.8) is 0 Å². The average Bonchev–Trinajstić information content (AvgIpc) is 2.94. The lowest BCUT2D eigenvalue weighted by molar-refractivity contribution is 0.174. The summed E-state index contributed by atoms with van der Waals surface area (Å²) in [5.41, 5.74) is 0.793. The van der Waals surface area contributed by atoms with E-state index < -0.39 is 0 Å². The van der Waals surface area contributed by atoms with Crippen LogP contribution in [-0.2, 0) is 0 Å². The van der Waals surface area contributed by atoms with E-state index in [-0.39, 0.29) is 6.79 Å². The minimum atomic E-state index is 0.270. The summed E-state index contributed by atoms with van der Waals surface area (Å²) in [7, 11) is 0. The molecule has 0 spiro atoms. The number of ether oxygens (including phenoxy) is 2. The molecule has 0 aliphatic carbocycles. The number of benzene rings is 1. The second-order valence-corrected chi connectivity index (χ2v) is 5.40. The predicted molar refractivity (Wildman–Crippen MR) is 78.9 cm³/mol. The van der Waals surface area contributed by atoms with Crippen LogP contribution in [0.1, 0.15) is 5.76 Å². The van der Waals surface area contributed by atoms with Gasteiger partial charge in [-0.05, 0) is 28.1 Å². The monoisotopic (exact) mass is 419 g/mol. The van der Waals surface area contributed by atoms with Gasteiger partial charge >= 0.3 is 0 Å². The Balaban J connectivity index is 1.84. The van der Waals surface area contributed by atoms with Crippen molar-refractivity contribution in [1.82, 2.24) is 0 Å². The molecule has 0 bridgehead atoms. The van der Waals surface area contributed by atoms with Crippen molar-refractivity contribution in [1.29, 1.82) is 0 Å². The molecule has 3 rings (SSSR count). The number of hydrogen-bond donors (Lipinski definition) is 0. The number of nitrogens with zero attached hydrogens (tertiary/aromatic N) is 1. The SMILES string of the molecule is Brc1cc(C=Nc2ccc3c(c2)OCO3)oc1I. The zero-order chi connectivity index (χ0) is 12.5. The molecule has 1 aliphatic rings. The molecule has 6 heteroatoms. The van der Waals surface area contributed by atoms with Gasteiger partial charge in [-0.1, -0.05) is 0 Å². The summed E-state index contributed by atoms with van der Waals surface area (Å²) in [5.74, 6) is 2.17. The van der Waals surface area contributed by atoms with Crippen molar-refractivity contribution in [2.75, 3.05) is 6.79 Å². The van der Waals surface area contributed by atoms with E-state index in [4.69, 9.17) is 13.9 Å². The van der Waals surface area contributed by atoms with Gasteiger partial charge in [0.25, 0.3) is 0 Å². The lowest BCUT2D eigenvalue weighted by atomic mass is 10.3. The van der Waals surface area contributed by atoms with Gasteiger partial charge in [0.05, 0.1) is 16.4 Å².